The molecule has 0 aliphatic heterocycles. The molecule has 0 aliphatic carbocycles. The van der Waals surface area contributed by atoms with Crippen LogP contribution in [-0.2, 0) is 6.42 Å². The third-order valence-electron chi connectivity index (χ3n) is 3.49. The van der Waals surface area contributed by atoms with Gasteiger partial charge in [-0.15, -0.1) is 0 Å². The smallest absolute Gasteiger partial charge is 0.0543 e. The molecule has 1 rings (SSSR count). The van der Waals surface area contributed by atoms with Crippen LogP contribution in [-0.4, -0.2) is 11.2 Å². The second-order valence-corrected chi connectivity index (χ2v) is 6.01. The van der Waals surface area contributed by atoms with Crippen LogP contribution in [0.15, 0.2) is 16.8 Å². The highest BCUT2D eigenvalue weighted by atomic mass is 32.1. The summed E-state index contributed by atoms with van der Waals surface area (Å²) in [4.78, 5) is 0. The maximum atomic E-state index is 9.89. The summed E-state index contributed by atoms with van der Waals surface area (Å²) in [5, 5.41) is 14.2. The molecule has 2 heteroatoms. The molecule has 0 aliphatic rings. The van der Waals surface area contributed by atoms with Crippen molar-refractivity contribution >= 4 is 11.3 Å². The standard InChI is InChI=1S/C16H28OS/c1-2-3-4-5-6-7-8-9-16(17)11-10-15-12-13-18-14-15/h12-14,16-17H,2-11H2,1H3. The predicted octanol–water partition coefficient (Wildman–Crippen LogP) is 5.18. The molecule has 1 heterocycles. The lowest BCUT2D eigenvalue weighted by Crippen LogP contribution is -2.07. The van der Waals surface area contributed by atoms with Gasteiger partial charge >= 0.3 is 0 Å². The molecule has 1 aromatic rings. The van der Waals surface area contributed by atoms with Gasteiger partial charge in [0.1, 0.15) is 0 Å². The topological polar surface area (TPSA) is 20.2 Å². The van der Waals surface area contributed by atoms with Crippen molar-refractivity contribution < 1.29 is 5.11 Å². The van der Waals surface area contributed by atoms with Gasteiger partial charge < -0.3 is 5.11 Å². The van der Waals surface area contributed by atoms with E-state index in [1.54, 1.807) is 11.3 Å². The van der Waals surface area contributed by atoms with Gasteiger partial charge in [0.25, 0.3) is 0 Å². The Morgan fingerprint density at radius 3 is 2.44 bits per heavy atom. The van der Waals surface area contributed by atoms with Gasteiger partial charge in [-0.3, -0.25) is 0 Å². The Balaban J connectivity index is 1.89. The summed E-state index contributed by atoms with van der Waals surface area (Å²) >= 11 is 1.74. The molecule has 1 nitrogen and oxygen atoms in total. The van der Waals surface area contributed by atoms with E-state index >= 15 is 0 Å². The maximum absolute atomic E-state index is 9.89. The molecule has 0 bridgehead atoms. The van der Waals surface area contributed by atoms with Crippen LogP contribution in [0, 0.1) is 0 Å². The molecular formula is C16H28OS. The van der Waals surface area contributed by atoms with Crippen molar-refractivity contribution in [1.29, 1.82) is 0 Å². The fourth-order valence-corrected chi connectivity index (χ4v) is 2.95. The number of rotatable bonds is 11. The third kappa shape index (κ3) is 7.88. The molecule has 0 saturated carbocycles. The summed E-state index contributed by atoms with van der Waals surface area (Å²) in [6.45, 7) is 2.25. The number of unbranched alkanes of at least 4 members (excludes halogenated alkanes) is 6. The minimum absolute atomic E-state index is 0.0967. The first-order valence-electron chi connectivity index (χ1n) is 7.52. The highest BCUT2D eigenvalue weighted by Gasteiger charge is 2.04. The van der Waals surface area contributed by atoms with Gasteiger partial charge in [-0.1, -0.05) is 51.9 Å². The van der Waals surface area contributed by atoms with Crippen molar-refractivity contribution in [2.45, 2.75) is 77.2 Å². The van der Waals surface area contributed by atoms with Gasteiger partial charge in [-0.2, -0.15) is 11.3 Å². The lowest BCUT2D eigenvalue weighted by atomic mass is 10.0. The summed E-state index contributed by atoms with van der Waals surface area (Å²) in [6.07, 6.45) is 12.1. The molecule has 0 radical (unpaired) electrons. The van der Waals surface area contributed by atoms with Crippen molar-refractivity contribution in [2.75, 3.05) is 0 Å². The highest BCUT2D eigenvalue weighted by Crippen LogP contribution is 2.14. The van der Waals surface area contributed by atoms with Crippen LogP contribution >= 0.6 is 11.3 Å². The van der Waals surface area contributed by atoms with E-state index in [2.05, 4.69) is 23.8 Å². The van der Waals surface area contributed by atoms with Crippen molar-refractivity contribution in [2.24, 2.45) is 0 Å². The van der Waals surface area contributed by atoms with Gasteiger partial charge in [0.05, 0.1) is 6.10 Å². The van der Waals surface area contributed by atoms with Crippen LogP contribution in [0.4, 0.5) is 0 Å². The number of thiophene rings is 1. The van der Waals surface area contributed by atoms with E-state index in [-0.39, 0.29) is 6.10 Å². The molecule has 1 unspecified atom stereocenters. The maximum Gasteiger partial charge on any atom is 0.0543 e. The first kappa shape index (κ1) is 15.7. The van der Waals surface area contributed by atoms with Crippen LogP contribution in [0.3, 0.4) is 0 Å². The molecule has 18 heavy (non-hydrogen) atoms. The van der Waals surface area contributed by atoms with E-state index in [9.17, 15) is 5.11 Å². The van der Waals surface area contributed by atoms with Crippen LogP contribution < -0.4 is 0 Å². The monoisotopic (exact) mass is 268 g/mol. The number of hydrogen-bond acceptors (Lipinski definition) is 2. The minimum atomic E-state index is -0.0967. The Labute approximate surface area is 116 Å². The normalized spacial score (nSPS) is 12.8. The Hall–Kier alpha value is -0.340. The first-order chi connectivity index (χ1) is 8.83. The Bertz CT molecular complexity index is 269. The fourth-order valence-electron chi connectivity index (χ4n) is 2.25. The number of aryl methyl sites for hydroxylation is 1. The fraction of sp³-hybridized carbons (Fsp3) is 0.750. The zero-order valence-electron chi connectivity index (χ0n) is 11.7. The van der Waals surface area contributed by atoms with Gasteiger partial charge in [0, 0.05) is 0 Å². The van der Waals surface area contributed by atoms with Gasteiger partial charge in [-0.25, -0.2) is 0 Å². The quantitative estimate of drug-likeness (QED) is 0.548. The van der Waals surface area contributed by atoms with Crippen molar-refractivity contribution in [3.63, 3.8) is 0 Å². The second kappa shape index (κ2) is 10.6. The number of aliphatic hydroxyl groups excluding tert-OH is 1. The molecule has 0 spiro atoms. The van der Waals surface area contributed by atoms with E-state index in [1.807, 2.05) is 0 Å². The SMILES string of the molecule is CCCCCCCCCC(O)CCc1ccsc1. The third-order valence-corrected chi connectivity index (χ3v) is 4.22. The van der Waals surface area contributed by atoms with Gasteiger partial charge in [-0.05, 0) is 41.7 Å². The zero-order valence-corrected chi connectivity index (χ0v) is 12.6. The van der Waals surface area contributed by atoms with Gasteiger partial charge in [0.2, 0.25) is 0 Å². The van der Waals surface area contributed by atoms with Crippen molar-refractivity contribution in [3.05, 3.63) is 22.4 Å². The van der Waals surface area contributed by atoms with E-state index in [1.165, 1.54) is 50.5 Å². The lowest BCUT2D eigenvalue weighted by Gasteiger charge is -2.09. The number of hydrogen-bond donors (Lipinski definition) is 1. The van der Waals surface area contributed by atoms with Crippen molar-refractivity contribution in [3.8, 4) is 0 Å². The highest BCUT2D eigenvalue weighted by molar-refractivity contribution is 7.07. The van der Waals surface area contributed by atoms with Crippen LogP contribution in [0.25, 0.3) is 0 Å². The second-order valence-electron chi connectivity index (χ2n) is 5.23. The van der Waals surface area contributed by atoms with Crippen molar-refractivity contribution in [1.82, 2.24) is 0 Å². The van der Waals surface area contributed by atoms with E-state index in [0.717, 1.165) is 19.3 Å². The molecule has 0 aromatic carbocycles. The lowest BCUT2D eigenvalue weighted by molar-refractivity contribution is 0.151. The minimum Gasteiger partial charge on any atom is -0.393 e. The average Bonchev–Trinajstić information content (AvgIpc) is 2.88. The largest absolute Gasteiger partial charge is 0.393 e. The van der Waals surface area contributed by atoms with Crippen LogP contribution in [0.5, 0.6) is 0 Å². The Morgan fingerprint density at radius 2 is 1.78 bits per heavy atom. The molecule has 1 atom stereocenters. The molecule has 104 valence electrons. The molecule has 0 amide bonds. The molecule has 1 N–H and O–H groups in total. The summed E-state index contributed by atoms with van der Waals surface area (Å²) in [5.41, 5.74) is 1.37. The predicted molar refractivity (Wildman–Crippen MR) is 81.3 cm³/mol. The summed E-state index contributed by atoms with van der Waals surface area (Å²) in [7, 11) is 0. The first-order valence-corrected chi connectivity index (χ1v) is 8.46. The Morgan fingerprint density at radius 1 is 1.06 bits per heavy atom. The van der Waals surface area contributed by atoms with Crippen LogP contribution in [0.1, 0.15) is 70.3 Å². The summed E-state index contributed by atoms with van der Waals surface area (Å²) in [6, 6.07) is 2.16. The van der Waals surface area contributed by atoms with E-state index in [0.29, 0.717) is 0 Å². The molecular weight excluding hydrogens is 240 g/mol. The van der Waals surface area contributed by atoms with Crippen LogP contribution in [0.2, 0.25) is 0 Å². The Kier molecular flexibility index (Phi) is 9.23. The summed E-state index contributed by atoms with van der Waals surface area (Å²) < 4.78 is 0. The van der Waals surface area contributed by atoms with E-state index in [4.69, 9.17) is 0 Å². The zero-order chi connectivity index (χ0) is 13.1. The number of aliphatic hydroxyl groups is 1. The average molecular weight is 268 g/mol. The molecule has 0 fully saturated rings. The van der Waals surface area contributed by atoms with E-state index < -0.39 is 0 Å². The molecule has 1 aromatic heterocycles. The molecule has 0 saturated heterocycles. The van der Waals surface area contributed by atoms with Gasteiger partial charge in [0.15, 0.2) is 0 Å². The summed E-state index contributed by atoms with van der Waals surface area (Å²) in [5.74, 6) is 0.